The number of hydrogen-bond donors (Lipinski definition) is 1. The molecule has 1 aliphatic rings. The van der Waals surface area contributed by atoms with Gasteiger partial charge in [-0.2, -0.15) is 4.31 Å². The average molecular weight is 459 g/mol. The number of aromatic nitrogens is 2. The number of imidazole rings is 1. The number of thioether (sulfide) groups is 1. The summed E-state index contributed by atoms with van der Waals surface area (Å²) in [5.41, 5.74) is 2.49. The molecule has 9 heteroatoms. The normalized spacial score (nSPS) is 15.6. The number of carbonyl (C=O) groups is 1. The van der Waals surface area contributed by atoms with Gasteiger partial charge in [-0.3, -0.25) is 4.79 Å². The Morgan fingerprint density at radius 1 is 1.03 bits per heavy atom. The molecule has 1 aromatic heterocycles. The van der Waals surface area contributed by atoms with Gasteiger partial charge < -0.3 is 9.88 Å². The van der Waals surface area contributed by atoms with Gasteiger partial charge in [-0.15, -0.1) is 0 Å². The summed E-state index contributed by atoms with van der Waals surface area (Å²) in [4.78, 5) is 17.2. The van der Waals surface area contributed by atoms with Gasteiger partial charge >= 0.3 is 0 Å². The Kier molecular flexibility index (Phi) is 6.64. The smallest absolute Gasteiger partial charge is 0.243 e. The van der Waals surface area contributed by atoms with E-state index in [0.717, 1.165) is 41.9 Å². The van der Waals surface area contributed by atoms with Crippen molar-refractivity contribution in [3.05, 3.63) is 48.5 Å². The summed E-state index contributed by atoms with van der Waals surface area (Å²) in [6.07, 6.45) is 3.94. The lowest BCUT2D eigenvalue weighted by Crippen LogP contribution is -2.31. The fraction of sp³-hybridized carbons (Fsp3) is 0.364. The van der Waals surface area contributed by atoms with Crippen LogP contribution in [0.4, 0.5) is 5.69 Å². The molecule has 0 atom stereocenters. The van der Waals surface area contributed by atoms with Gasteiger partial charge in [-0.05, 0) is 49.2 Å². The van der Waals surface area contributed by atoms with Crippen LogP contribution in [-0.4, -0.2) is 47.0 Å². The molecule has 2 heterocycles. The number of aryl methyl sites for hydroxylation is 1. The van der Waals surface area contributed by atoms with E-state index >= 15 is 0 Å². The molecule has 2 aromatic carbocycles. The van der Waals surface area contributed by atoms with Crippen LogP contribution < -0.4 is 5.32 Å². The van der Waals surface area contributed by atoms with Gasteiger partial charge in [0.05, 0.1) is 21.7 Å². The summed E-state index contributed by atoms with van der Waals surface area (Å²) in [6.45, 7) is 1.14. The molecular formula is C22H26N4O3S2. The number of carbonyl (C=O) groups excluding carboxylic acids is 1. The number of nitrogens with zero attached hydrogens (tertiary/aromatic N) is 3. The van der Waals surface area contributed by atoms with Crippen LogP contribution in [0, 0.1) is 0 Å². The van der Waals surface area contributed by atoms with E-state index in [0.29, 0.717) is 18.8 Å². The summed E-state index contributed by atoms with van der Waals surface area (Å²) >= 11 is 1.37. The van der Waals surface area contributed by atoms with Gasteiger partial charge in [0.25, 0.3) is 0 Å². The maximum absolute atomic E-state index is 12.9. The maximum atomic E-state index is 12.9. The zero-order chi connectivity index (χ0) is 21.8. The molecule has 1 saturated heterocycles. The number of para-hydroxylation sites is 2. The summed E-state index contributed by atoms with van der Waals surface area (Å²) in [6, 6.07) is 14.2. The molecule has 3 aromatic rings. The summed E-state index contributed by atoms with van der Waals surface area (Å²) < 4.78 is 29.3. The van der Waals surface area contributed by atoms with Gasteiger partial charge in [0.1, 0.15) is 0 Å². The van der Waals surface area contributed by atoms with Crippen molar-refractivity contribution >= 4 is 44.4 Å². The molecule has 1 aliphatic heterocycles. The van der Waals surface area contributed by atoms with Gasteiger partial charge in [0.15, 0.2) is 5.16 Å². The number of nitrogens with one attached hydrogen (secondary N) is 1. The third kappa shape index (κ3) is 4.94. The summed E-state index contributed by atoms with van der Waals surface area (Å²) in [5, 5.41) is 3.60. The summed E-state index contributed by atoms with van der Waals surface area (Å²) in [7, 11) is -1.56. The molecule has 1 fully saturated rings. The van der Waals surface area contributed by atoms with E-state index in [1.54, 1.807) is 28.6 Å². The minimum Gasteiger partial charge on any atom is -0.325 e. The van der Waals surface area contributed by atoms with Crippen LogP contribution in [0.25, 0.3) is 11.0 Å². The molecule has 0 saturated carbocycles. The van der Waals surface area contributed by atoms with E-state index in [4.69, 9.17) is 0 Å². The SMILES string of the molecule is Cn1c(SCC(=O)Nc2ccc(S(=O)(=O)N3CCCCCC3)cc2)nc2ccccc21. The van der Waals surface area contributed by atoms with E-state index in [2.05, 4.69) is 10.3 Å². The highest BCUT2D eigenvalue weighted by Crippen LogP contribution is 2.24. The molecular weight excluding hydrogens is 432 g/mol. The lowest BCUT2D eigenvalue weighted by atomic mass is 10.2. The van der Waals surface area contributed by atoms with E-state index in [1.807, 2.05) is 35.9 Å². The minimum absolute atomic E-state index is 0.166. The third-order valence-corrected chi connectivity index (χ3v) is 8.36. The molecule has 0 aliphatic carbocycles. The van der Waals surface area contributed by atoms with Crippen molar-refractivity contribution in [2.45, 2.75) is 35.7 Å². The van der Waals surface area contributed by atoms with Crippen LogP contribution in [0.1, 0.15) is 25.7 Å². The van der Waals surface area contributed by atoms with Gasteiger partial charge in [-0.1, -0.05) is 36.7 Å². The van der Waals surface area contributed by atoms with Crippen molar-refractivity contribution in [3.8, 4) is 0 Å². The van der Waals surface area contributed by atoms with Crippen LogP contribution in [0.15, 0.2) is 58.6 Å². The fourth-order valence-electron chi connectivity index (χ4n) is 3.72. The molecule has 31 heavy (non-hydrogen) atoms. The molecule has 0 radical (unpaired) electrons. The monoisotopic (exact) mass is 458 g/mol. The van der Waals surface area contributed by atoms with Crippen LogP contribution in [0.5, 0.6) is 0 Å². The first-order valence-corrected chi connectivity index (χ1v) is 12.8. The standard InChI is InChI=1S/C22H26N4O3S2/c1-25-20-9-5-4-8-19(20)24-22(25)30-16-21(27)23-17-10-12-18(13-11-17)31(28,29)26-14-6-2-3-7-15-26/h4-5,8-13H,2-3,6-7,14-16H2,1H3,(H,23,27). The number of sulfonamides is 1. The topological polar surface area (TPSA) is 84.3 Å². The number of fused-ring (bicyclic) bond motifs is 1. The highest BCUT2D eigenvalue weighted by Gasteiger charge is 2.25. The van der Waals surface area contributed by atoms with E-state index in [-0.39, 0.29) is 16.6 Å². The highest BCUT2D eigenvalue weighted by atomic mass is 32.2. The number of anilines is 1. The molecule has 0 spiro atoms. The van der Waals surface area contributed by atoms with Crippen LogP contribution >= 0.6 is 11.8 Å². The zero-order valence-corrected chi connectivity index (χ0v) is 19.1. The number of rotatable bonds is 6. The maximum Gasteiger partial charge on any atom is 0.243 e. The minimum atomic E-state index is -3.49. The Balaban J connectivity index is 1.37. The van der Waals surface area contributed by atoms with Gasteiger partial charge in [-0.25, -0.2) is 13.4 Å². The zero-order valence-electron chi connectivity index (χ0n) is 17.5. The fourth-order valence-corrected chi connectivity index (χ4v) is 6.03. The number of benzene rings is 2. The Morgan fingerprint density at radius 2 is 1.71 bits per heavy atom. The Morgan fingerprint density at radius 3 is 2.39 bits per heavy atom. The molecule has 1 amide bonds. The van der Waals surface area contributed by atoms with Crippen molar-refractivity contribution in [1.29, 1.82) is 0 Å². The first kappa shape index (κ1) is 21.9. The Labute approximate surface area is 186 Å². The quantitative estimate of drug-likeness (QED) is 0.567. The second-order valence-corrected chi connectivity index (χ2v) is 10.5. The Bertz CT molecular complexity index is 1170. The van der Waals surface area contributed by atoms with Crippen LogP contribution in [-0.2, 0) is 21.9 Å². The van der Waals surface area contributed by atoms with Crippen molar-refractivity contribution in [3.63, 3.8) is 0 Å². The van der Waals surface area contributed by atoms with Crippen molar-refractivity contribution in [2.24, 2.45) is 7.05 Å². The molecule has 4 rings (SSSR count). The average Bonchev–Trinajstić information content (AvgIpc) is 2.94. The van der Waals surface area contributed by atoms with E-state index < -0.39 is 10.0 Å². The lowest BCUT2D eigenvalue weighted by Gasteiger charge is -2.20. The predicted octanol–water partition coefficient (Wildman–Crippen LogP) is 3.87. The molecule has 1 N–H and O–H groups in total. The lowest BCUT2D eigenvalue weighted by molar-refractivity contribution is -0.113. The second-order valence-electron chi connectivity index (χ2n) is 7.62. The highest BCUT2D eigenvalue weighted by molar-refractivity contribution is 7.99. The number of hydrogen-bond acceptors (Lipinski definition) is 5. The largest absolute Gasteiger partial charge is 0.325 e. The molecule has 164 valence electrons. The van der Waals surface area contributed by atoms with Crippen molar-refractivity contribution in [2.75, 3.05) is 24.2 Å². The van der Waals surface area contributed by atoms with E-state index in [1.165, 1.54) is 11.8 Å². The summed E-state index contributed by atoms with van der Waals surface area (Å²) in [5.74, 6) is 0.0468. The van der Waals surface area contributed by atoms with Crippen molar-refractivity contribution in [1.82, 2.24) is 13.9 Å². The molecule has 7 nitrogen and oxygen atoms in total. The third-order valence-electron chi connectivity index (χ3n) is 5.42. The van der Waals surface area contributed by atoms with Gasteiger partial charge in [0, 0.05) is 25.8 Å². The molecule has 0 unspecified atom stereocenters. The second kappa shape index (κ2) is 9.42. The van der Waals surface area contributed by atoms with Crippen molar-refractivity contribution < 1.29 is 13.2 Å². The van der Waals surface area contributed by atoms with Crippen LogP contribution in [0.2, 0.25) is 0 Å². The first-order chi connectivity index (χ1) is 14.9. The molecule has 0 bridgehead atoms. The predicted molar refractivity (Wildman–Crippen MR) is 124 cm³/mol. The number of amides is 1. The van der Waals surface area contributed by atoms with E-state index in [9.17, 15) is 13.2 Å². The van der Waals surface area contributed by atoms with Crippen LogP contribution in [0.3, 0.4) is 0 Å². The first-order valence-electron chi connectivity index (χ1n) is 10.4. The Hall–Kier alpha value is -2.36. The van der Waals surface area contributed by atoms with Gasteiger partial charge in [0.2, 0.25) is 15.9 Å².